The predicted octanol–water partition coefficient (Wildman–Crippen LogP) is 0.733. The van der Waals surface area contributed by atoms with Crippen molar-refractivity contribution in [1.82, 2.24) is 0 Å². The molecule has 0 atom stereocenters. The Hall–Kier alpha value is -2.08. The highest BCUT2D eigenvalue weighted by Gasteiger charge is 2.15. The summed E-state index contributed by atoms with van der Waals surface area (Å²) < 4.78 is 10.4. The van der Waals surface area contributed by atoms with E-state index in [-0.39, 0.29) is 5.84 Å². The summed E-state index contributed by atoms with van der Waals surface area (Å²) in [6.07, 6.45) is 0. The third kappa shape index (κ3) is 3.23. The molecule has 6 heteroatoms. The van der Waals surface area contributed by atoms with Crippen molar-refractivity contribution in [3.8, 4) is 5.75 Å². The zero-order valence-electron chi connectivity index (χ0n) is 10.8. The largest absolute Gasteiger partial charge is 0.426 e. The van der Waals surface area contributed by atoms with Gasteiger partial charge < -0.3 is 20.1 Å². The summed E-state index contributed by atoms with van der Waals surface area (Å²) >= 11 is 0. The average molecular weight is 263 g/mol. The summed E-state index contributed by atoms with van der Waals surface area (Å²) in [5.41, 5.74) is 6.84. The first kappa shape index (κ1) is 13.4. The van der Waals surface area contributed by atoms with E-state index in [1.165, 1.54) is 6.92 Å². The molecule has 1 fully saturated rings. The van der Waals surface area contributed by atoms with Gasteiger partial charge in [0.1, 0.15) is 11.6 Å². The lowest BCUT2D eigenvalue weighted by atomic mass is 10.1. The van der Waals surface area contributed by atoms with Gasteiger partial charge in [0.15, 0.2) is 0 Å². The molecular formula is C13H17N3O3. The van der Waals surface area contributed by atoms with Crippen LogP contribution in [0.4, 0.5) is 5.69 Å². The molecule has 0 radical (unpaired) electrons. The molecule has 6 nitrogen and oxygen atoms in total. The summed E-state index contributed by atoms with van der Waals surface area (Å²) in [4.78, 5) is 13.2. The number of rotatable bonds is 3. The molecule has 1 aliphatic rings. The second-order valence-corrected chi connectivity index (χ2v) is 4.29. The Morgan fingerprint density at radius 2 is 2.11 bits per heavy atom. The zero-order chi connectivity index (χ0) is 13.8. The molecule has 0 bridgehead atoms. The number of nitrogens with two attached hydrogens (primary N) is 1. The summed E-state index contributed by atoms with van der Waals surface area (Å²) in [7, 11) is 0. The molecule has 1 aromatic rings. The van der Waals surface area contributed by atoms with Gasteiger partial charge in [-0.15, -0.1) is 0 Å². The van der Waals surface area contributed by atoms with E-state index in [0.717, 1.165) is 18.8 Å². The minimum atomic E-state index is -0.429. The predicted molar refractivity (Wildman–Crippen MR) is 71.8 cm³/mol. The molecule has 2 rings (SSSR count). The molecule has 1 heterocycles. The molecule has 0 aromatic heterocycles. The fraction of sp³-hybridized carbons (Fsp3) is 0.385. The van der Waals surface area contributed by atoms with E-state index in [1.54, 1.807) is 12.1 Å². The smallest absolute Gasteiger partial charge is 0.308 e. The Morgan fingerprint density at radius 3 is 2.68 bits per heavy atom. The number of ether oxygens (including phenoxy) is 2. The number of carbonyl (C=O) groups is 1. The molecule has 0 amide bonds. The van der Waals surface area contributed by atoms with Crippen LogP contribution in [-0.2, 0) is 9.53 Å². The normalized spacial score (nSPS) is 15.1. The number of nitrogens with zero attached hydrogens (tertiary/aromatic N) is 1. The quantitative estimate of drug-likeness (QED) is 0.363. The Bertz CT molecular complexity index is 496. The first-order valence-corrected chi connectivity index (χ1v) is 6.07. The minimum Gasteiger partial charge on any atom is -0.426 e. The second kappa shape index (κ2) is 5.71. The van der Waals surface area contributed by atoms with Crippen molar-refractivity contribution in [3.63, 3.8) is 0 Å². The second-order valence-electron chi connectivity index (χ2n) is 4.29. The minimum absolute atomic E-state index is 0.121. The zero-order valence-corrected chi connectivity index (χ0v) is 10.8. The highest BCUT2D eigenvalue weighted by molar-refractivity contribution is 5.98. The molecule has 1 aromatic carbocycles. The van der Waals surface area contributed by atoms with E-state index < -0.39 is 5.97 Å². The van der Waals surface area contributed by atoms with Gasteiger partial charge in [-0.1, -0.05) is 0 Å². The van der Waals surface area contributed by atoms with Crippen LogP contribution in [0, 0.1) is 5.41 Å². The van der Waals surface area contributed by atoms with Gasteiger partial charge in [-0.3, -0.25) is 10.2 Å². The van der Waals surface area contributed by atoms with Crippen molar-refractivity contribution >= 4 is 17.5 Å². The van der Waals surface area contributed by atoms with Gasteiger partial charge in [-0.25, -0.2) is 0 Å². The van der Waals surface area contributed by atoms with Crippen molar-refractivity contribution in [2.75, 3.05) is 31.2 Å². The lowest BCUT2D eigenvalue weighted by molar-refractivity contribution is -0.131. The van der Waals surface area contributed by atoms with Crippen LogP contribution in [0.3, 0.4) is 0 Å². The van der Waals surface area contributed by atoms with E-state index in [9.17, 15) is 4.79 Å². The Labute approximate surface area is 111 Å². The molecule has 0 saturated carbocycles. The molecule has 0 aliphatic carbocycles. The first-order valence-electron chi connectivity index (χ1n) is 6.07. The first-order chi connectivity index (χ1) is 9.08. The SMILES string of the molecule is CC(=O)Oc1cc(N2CCOCC2)ccc1C(=N)N. The topological polar surface area (TPSA) is 88.6 Å². The van der Waals surface area contributed by atoms with Gasteiger partial charge in [0, 0.05) is 31.8 Å². The molecule has 3 N–H and O–H groups in total. The number of hydrogen-bond acceptors (Lipinski definition) is 5. The summed E-state index contributed by atoms with van der Waals surface area (Å²) in [5.74, 6) is -0.226. The van der Waals surface area contributed by atoms with Gasteiger partial charge in [-0.05, 0) is 12.1 Å². The number of nitrogen functional groups attached to an aromatic ring is 1. The summed E-state index contributed by atoms with van der Waals surface area (Å²) in [6, 6.07) is 5.31. The van der Waals surface area contributed by atoms with Crippen LogP contribution in [0.2, 0.25) is 0 Å². The van der Waals surface area contributed by atoms with E-state index in [4.69, 9.17) is 20.6 Å². The van der Waals surface area contributed by atoms with Gasteiger partial charge >= 0.3 is 5.97 Å². The third-order valence-corrected chi connectivity index (χ3v) is 2.89. The molecular weight excluding hydrogens is 246 g/mol. The Morgan fingerprint density at radius 1 is 1.42 bits per heavy atom. The molecule has 19 heavy (non-hydrogen) atoms. The van der Waals surface area contributed by atoms with E-state index in [2.05, 4.69) is 4.90 Å². The number of anilines is 1. The number of benzene rings is 1. The maximum Gasteiger partial charge on any atom is 0.308 e. The van der Waals surface area contributed by atoms with Crippen molar-refractivity contribution in [1.29, 1.82) is 5.41 Å². The number of hydrogen-bond donors (Lipinski definition) is 2. The van der Waals surface area contributed by atoms with E-state index in [1.807, 2.05) is 6.07 Å². The van der Waals surface area contributed by atoms with Gasteiger partial charge in [-0.2, -0.15) is 0 Å². The molecule has 102 valence electrons. The average Bonchev–Trinajstić information content (AvgIpc) is 2.38. The highest BCUT2D eigenvalue weighted by Crippen LogP contribution is 2.26. The number of esters is 1. The van der Waals surface area contributed by atoms with Gasteiger partial charge in [0.25, 0.3) is 0 Å². The van der Waals surface area contributed by atoms with Gasteiger partial charge in [0.05, 0.1) is 18.8 Å². The Kier molecular flexibility index (Phi) is 4.01. The summed E-state index contributed by atoms with van der Waals surface area (Å²) in [5, 5.41) is 7.49. The highest BCUT2D eigenvalue weighted by atomic mass is 16.5. The number of amidine groups is 1. The molecule has 0 unspecified atom stereocenters. The van der Waals surface area contributed by atoms with Crippen LogP contribution in [0.25, 0.3) is 0 Å². The van der Waals surface area contributed by atoms with Crippen molar-refractivity contribution in [3.05, 3.63) is 23.8 Å². The maximum absolute atomic E-state index is 11.1. The van der Waals surface area contributed by atoms with Crippen LogP contribution in [0.5, 0.6) is 5.75 Å². The Balaban J connectivity index is 2.31. The van der Waals surface area contributed by atoms with E-state index in [0.29, 0.717) is 24.5 Å². The number of carbonyl (C=O) groups excluding carboxylic acids is 1. The fourth-order valence-corrected chi connectivity index (χ4v) is 1.99. The van der Waals surface area contributed by atoms with Crippen LogP contribution in [-0.4, -0.2) is 38.1 Å². The number of nitrogens with one attached hydrogen (secondary N) is 1. The van der Waals surface area contributed by atoms with Gasteiger partial charge in [0.2, 0.25) is 0 Å². The molecule has 1 saturated heterocycles. The van der Waals surface area contributed by atoms with Crippen LogP contribution in [0.1, 0.15) is 12.5 Å². The third-order valence-electron chi connectivity index (χ3n) is 2.89. The lowest BCUT2D eigenvalue weighted by Gasteiger charge is -2.29. The van der Waals surface area contributed by atoms with Crippen molar-refractivity contribution in [2.45, 2.75) is 6.92 Å². The number of morpholine rings is 1. The van der Waals surface area contributed by atoms with E-state index >= 15 is 0 Å². The van der Waals surface area contributed by atoms with Crippen LogP contribution >= 0.6 is 0 Å². The standard InChI is InChI=1S/C13H17N3O3/c1-9(17)19-12-8-10(2-3-11(12)13(14)15)16-4-6-18-7-5-16/h2-3,8H,4-7H2,1H3,(H3,14,15). The lowest BCUT2D eigenvalue weighted by Crippen LogP contribution is -2.36. The maximum atomic E-state index is 11.1. The molecule has 0 spiro atoms. The molecule has 1 aliphatic heterocycles. The van der Waals surface area contributed by atoms with Crippen LogP contribution in [0.15, 0.2) is 18.2 Å². The summed E-state index contributed by atoms with van der Waals surface area (Å²) in [6.45, 7) is 4.26. The fourth-order valence-electron chi connectivity index (χ4n) is 1.99. The van der Waals surface area contributed by atoms with Crippen molar-refractivity contribution < 1.29 is 14.3 Å². The monoisotopic (exact) mass is 263 g/mol. The van der Waals surface area contributed by atoms with Crippen LogP contribution < -0.4 is 15.4 Å². The van der Waals surface area contributed by atoms with Crippen molar-refractivity contribution in [2.24, 2.45) is 5.73 Å².